The Labute approximate surface area is 87.7 Å². The second-order valence-corrected chi connectivity index (χ2v) is 3.87. The number of fused-ring (bicyclic) bond motifs is 1. The molecule has 1 aliphatic rings. The minimum atomic E-state index is -0.245. The highest BCUT2D eigenvalue weighted by atomic mass is 35.5. The van der Waals surface area contributed by atoms with Crippen molar-refractivity contribution in [1.29, 1.82) is 0 Å². The van der Waals surface area contributed by atoms with Gasteiger partial charge in [-0.05, 0) is 13.1 Å². The highest BCUT2D eigenvalue weighted by molar-refractivity contribution is 6.21. The first kappa shape index (κ1) is 9.62. The maximum atomic E-state index is 11.7. The minimum Gasteiger partial charge on any atom is -0.294 e. The summed E-state index contributed by atoms with van der Waals surface area (Å²) in [4.78, 5) is 17.6. The molecule has 0 fully saturated rings. The molecule has 0 aromatic carbocycles. The molecule has 2 heterocycles. The maximum absolute atomic E-state index is 11.7. The molecule has 0 bridgehead atoms. The van der Waals surface area contributed by atoms with Gasteiger partial charge in [0.25, 0.3) is 0 Å². The van der Waals surface area contributed by atoms with E-state index in [1.807, 2.05) is 11.9 Å². The molecule has 2 rings (SSSR count). The molecular formula is C10H11ClN2O. The molecular weight excluding hydrogens is 200 g/mol. The molecule has 4 heteroatoms. The second-order valence-electron chi connectivity index (χ2n) is 3.45. The zero-order chi connectivity index (χ0) is 10.1. The van der Waals surface area contributed by atoms with Crippen LogP contribution in [0.3, 0.4) is 0 Å². The first-order valence-electron chi connectivity index (χ1n) is 4.51. The van der Waals surface area contributed by atoms with Gasteiger partial charge in [-0.3, -0.25) is 14.7 Å². The van der Waals surface area contributed by atoms with Crippen molar-refractivity contribution in [3.05, 3.63) is 29.6 Å². The molecule has 0 N–H and O–H groups in total. The topological polar surface area (TPSA) is 33.2 Å². The average molecular weight is 211 g/mol. The fourth-order valence-electron chi connectivity index (χ4n) is 1.61. The van der Waals surface area contributed by atoms with Crippen molar-refractivity contribution in [3.8, 4) is 0 Å². The van der Waals surface area contributed by atoms with Crippen LogP contribution >= 0.6 is 11.6 Å². The zero-order valence-electron chi connectivity index (χ0n) is 7.90. The number of ketones is 1. The monoisotopic (exact) mass is 210 g/mol. The van der Waals surface area contributed by atoms with Gasteiger partial charge < -0.3 is 0 Å². The van der Waals surface area contributed by atoms with Crippen LogP contribution in [0, 0.1) is 0 Å². The highest BCUT2D eigenvalue weighted by Gasteiger charge is 2.25. The van der Waals surface area contributed by atoms with Gasteiger partial charge >= 0.3 is 0 Å². The van der Waals surface area contributed by atoms with Crippen molar-refractivity contribution < 1.29 is 4.79 Å². The van der Waals surface area contributed by atoms with E-state index in [4.69, 9.17) is 11.6 Å². The molecule has 0 aliphatic carbocycles. The Morgan fingerprint density at radius 2 is 2.43 bits per heavy atom. The second kappa shape index (κ2) is 3.67. The van der Waals surface area contributed by atoms with E-state index in [0.717, 1.165) is 5.56 Å². The van der Waals surface area contributed by atoms with Crippen LogP contribution in [0.2, 0.25) is 0 Å². The smallest absolute Gasteiger partial charge is 0.164 e. The molecule has 74 valence electrons. The summed E-state index contributed by atoms with van der Waals surface area (Å²) >= 11 is 6.20. The lowest BCUT2D eigenvalue weighted by Gasteiger charge is -2.19. The predicted octanol–water partition coefficient (Wildman–Crippen LogP) is 1.84. The number of rotatable bonds is 0. The summed E-state index contributed by atoms with van der Waals surface area (Å²) in [6.07, 6.45) is 3.83. The van der Waals surface area contributed by atoms with Crippen molar-refractivity contribution in [2.24, 2.45) is 0 Å². The molecule has 0 saturated carbocycles. The number of carbonyl (C=O) groups is 1. The maximum Gasteiger partial charge on any atom is 0.164 e. The van der Waals surface area contributed by atoms with Crippen LogP contribution in [-0.2, 0) is 0 Å². The highest BCUT2D eigenvalue weighted by Crippen LogP contribution is 2.29. The lowest BCUT2D eigenvalue weighted by atomic mass is 10.1. The van der Waals surface area contributed by atoms with Gasteiger partial charge in [0, 0.05) is 36.5 Å². The lowest BCUT2D eigenvalue weighted by molar-refractivity contribution is 0.0976. The third-order valence-electron chi connectivity index (χ3n) is 2.49. The summed E-state index contributed by atoms with van der Waals surface area (Å²) in [5, 5.41) is 0. The van der Waals surface area contributed by atoms with E-state index < -0.39 is 0 Å². The van der Waals surface area contributed by atoms with Crippen LogP contribution in [0.15, 0.2) is 18.5 Å². The molecule has 0 saturated heterocycles. The first-order chi connectivity index (χ1) is 6.70. The number of hydrogen-bond acceptors (Lipinski definition) is 3. The van der Waals surface area contributed by atoms with Crippen LogP contribution < -0.4 is 0 Å². The van der Waals surface area contributed by atoms with Crippen molar-refractivity contribution in [2.45, 2.75) is 11.9 Å². The van der Waals surface area contributed by atoms with E-state index in [-0.39, 0.29) is 11.3 Å². The lowest BCUT2D eigenvalue weighted by Crippen LogP contribution is -2.20. The number of carbonyl (C=O) groups excluding carboxylic acids is 1. The summed E-state index contributed by atoms with van der Waals surface area (Å²) < 4.78 is 0. The average Bonchev–Trinajstić information content (AvgIpc) is 2.33. The molecule has 1 atom stereocenters. The van der Waals surface area contributed by atoms with Crippen LogP contribution in [0.4, 0.5) is 0 Å². The summed E-state index contributed by atoms with van der Waals surface area (Å²) in [6.45, 7) is 0.696. The van der Waals surface area contributed by atoms with E-state index in [0.29, 0.717) is 18.5 Å². The van der Waals surface area contributed by atoms with Crippen LogP contribution in [0.25, 0.3) is 0 Å². The number of hydrogen-bond donors (Lipinski definition) is 0. The first-order valence-corrected chi connectivity index (χ1v) is 4.95. The van der Waals surface area contributed by atoms with Gasteiger partial charge in [0.1, 0.15) is 5.50 Å². The Bertz CT molecular complexity index is 367. The quantitative estimate of drug-likeness (QED) is 0.484. The molecule has 3 nitrogen and oxygen atoms in total. The van der Waals surface area contributed by atoms with E-state index in [1.165, 1.54) is 0 Å². The fourth-order valence-corrected chi connectivity index (χ4v) is 1.89. The summed E-state index contributed by atoms with van der Waals surface area (Å²) in [5.41, 5.74) is 1.29. The number of alkyl halides is 1. The van der Waals surface area contributed by atoms with Crippen molar-refractivity contribution in [1.82, 2.24) is 9.88 Å². The molecule has 1 aliphatic heterocycles. The van der Waals surface area contributed by atoms with E-state index in [1.54, 1.807) is 18.5 Å². The number of halogens is 1. The zero-order valence-corrected chi connectivity index (χ0v) is 8.66. The Morgan fingerprint density at radius 1 is 1.64 bits per heavy atom. The van der Waals surface area contributed by atoms with Crippen LogP contribution in [-0.4, -0.2) is 29.3 Å². The SMILES string of the molecule is CN1CCC(=O)c2ccncc2C1Cl. The largest absolute Gasteiger partial charge is 0.294 e. The molecule has 1 unspecified atom stereocenters. The Morgan fingerprint density at radius 3 is 3.21 bits per heavy atom. The molecule has 14 heavy (non-hydrogen) atoms. The summed E-state index contributed by atoms with van der Waals surface area (Å²) in [5.74, 6) is 0.150. The van der Waals surface area contributed by atoms with Gasteiger partial charge in [-0.1, -0.05) is 0 Å². The molecule has 0 amide bonds. The van der Waals surface area contributed by atoms with Gasteiger partial charge in [-0.15, -0.1) is 11.6 Å². The predicted molar refractivity (Wildman–Crippen MR) is 54.4 cm³/mol. The van der Waals surface area contributed by atoms with Gasteiger partial charge in [0.15, 0.2) is 5.78 Å². The minimum absolute atomic E-state index is 0.150. The van der Waals surface area contributed by atoms with Crippen molar-refractivity contribution in [3.63, 3.8) is 0 Å². The number of nitrogens with zero attached hydrogens (tertiary/aromatic N) is 2. The van der Waals surface area contributed by atoms with Crippen LogP contribution in [0.5, 0.6) is 0 Å². The summed E-state index contributed by atoms with van der Waals surface area (Å²) in [7, 11) is 1.91. The van der Waals surface area contributed by atoms with Crippen molar-refractivity contribution in [2.75, 3.05) is 13.6 Å². The van der Waals surface area contributed by atoms with Gasteiger partial charge in [-0.2, -0.15) is 0 Å². The molecule has 0 spiro atoms. The van der Waals surface area contributed by atoms with Crippen LogP contribution in [0.1, 0.15) is 27.8 Å². The Hall–Kier alpha value is -0.930. The van der Waals surface area contributed by atoms with E-state index in [9.17, 15) is 4.79 Å². The van der Waals surface area contributed by atoms with E-state index in [2.05, 4.69) is 4.98 Å². The van der Waals surface area contributed by atoms with Gasteiger partial charge in [-0.25, -0.2) is 0 Å². The summed E-state index contributed by atoms with van der Waals surface area (Å²) in [6, 6.07) is 1.74. The Balaban J connectivity index is 2.51. The number of aromatic nitrogens is 1. The third-order valence-corrected chi connectivity index (χ3v) is 3.06. The normalized spacial score (nSPS) is 23.0. The van der Waals surface area contributed by atoms with Gasteiger partial charge in [0.05, 0.1) is 0 Å². The van der Waals surface area contributed by atoms with Gasteiger partial charge in [0.2, 0.25) is 0 Å². The Kier molecular flexibility index (Phi) is 2.52. The number of Topliss-reactive ketones (excluding diaryl/α,β-unsaturated/α-hetero) is 1. The molecule has 0 radical (unpaired) electrons. The number of pyridine rings is 1. The van der Waals surface area contributed by atoms with E-state index >= 15 is 0 Å². The molecule has 1 aromatic rings. The fraction of sp³-hybridized carbons (Fsp3) is 0.400. The standard InChI is InChI=1S/C10H11ClN2O/c1-13-5-3-9(14)7-2-4-12-6-8(7)10(13)11/h2,4,6,10H,3,5H2,1H3. The third kappa shape index (κ3) is 1.53. The van der Waals surface area contributed by atoms with Crippen molar-refractivity contribution >= 4 is 17.4 Å². The molecule has 1 aromatic heterocycles.